The van der Waals surface area contributed by atoms with Gasteiger partial charge in [-0.1, -0.05) is 13.3 Å². The fourth-order valence-electron chi connectivity index (χ4n) is 2.39. The molecule has 0 bridgehead atoms. The van der Waals surface area contributed by atoms with Gasteiger partial charge in [-0.2, -0.15) is 16.9 Å². The Bertz CT molecular complexity index is 331. The van der Waals surface area contributed by atoms with Gasteiger partial charge >= 0.3 is 0 Å². The molecule has 2 unspecified atom stereocenters. The summed E-state index contributed by atoms with van der Waals surface area (Å²) >= 11 is 2.13. The minimum absolute atomic E-state index is 0.481. The molecule has 17 heavy (non-hydrogen) atoms. The molecule has 3 nitrogen and oxygen atoms in total. The maximum Gasteiger partial charge on any atom is 0.0537 e. The van der Waals surface area contributed by atoms with Crippen molar-refractivity contribution >= 4 is 11.8 Å². The molecule has 2 rings (SSSR count). The van der Waals surface area contributed by atoms with E-state index in [1.807, 2.05) is 17.9 Å². The van der Waals surface area contributed by atoms with E-state index < -0.39 is 0 Å². The maximum atomic E-state index is 4.31. The van der Waals surface area contributed by atoms with Crippen molar-refractivity contribution in [3.05, 3.63) is 18.0 Å². The third kappa shape index (κ3) is 3.49. The second-order valence-electron chi connectivity index (χ2n) is 4.78. The van der Waals surface area contributed by atoms with Crippen LogP contribution < -0.4 is 5.32 Å². The molecule has 0 amide bonds. The third-order valence-electron chi connectivity index (χ3n) is 3.28. The number of nitrogens with one attached hydrogen (secondary N) is 1. The molecular weight excluding hydrogens is 230 g/mol. The monoisotopic (exact) mass is 253 g/mol. The number of rotatable bonds is 5. The topological polar surface area (TPSA) is 29.9 Å². The van der Waals surface area contributed by atoms with Crippen molar-refractivity contribution in [3.8, 4) is 0 Å². The van der Waals surface area contributed by atoms with Crippen molar-refractivity contribution in [1.82, 2.24) is 15.1 Å². The first-order chi connectivity index (χ1) is 8.31. The van der Waals surface area contributed by atoms with Crippen LogP contribution in [-0.2, 0) is 7.05 Å². The van der Waals surface area contributed by atoms with Gasteiger partial charge in [-0.05, 0) is 31.6 Å². The van der Waals surface area contributed by atoms with E-state index in [9.17, 15) is 0 Å². The van der Waals surface area contributed by atoms with Gasteiger partial charge in [0.05, 0.1) is 6.20 Å². The second-order valence-corrected chi connectivity index (χ2v) is 6.13. The largest absolute Gasteiger partial charge is 0.309 e. The smallest absolute Gasteiger partial charge is 0.0537 e. The molecule has 1 fully saturated rings. The zero-order valence-electron chi connectivity index (χ0n) is 10.9. The van der Waals surface area contributed by atoms with E-state index in [0.29, 0.717) is 6.04 Å². The molecule has 1 aromatic heterocycles. The van der Waals surface area contributed by atoms with Gasteiger partial charge in [0.25, 0.3) is 0 Å². The van der Waals surface area contributed by atoms with Gasteiger partial charge in [0.2, 0.25) is 0 Å². The first kappa shape index (κ1) is 13.0. The Balaban J connectivity index is 2.06. The SMILES string of the molecule is CCCNC(c1cnn(C)c1)C1CCCCS1. The van der Waals surface area contributed by atoms with Gasteiger partial charge in [-0.15, -0.1) is 0 Å². The van der Waals surface area contributed by atoms with Crippen LogP contribution in [0.2, 0.25) is 0 Å². The summed E-state index contributed by atoms with van der Waals surface area (Å²) in [5, 5.41) is 8.72. The average molecular weight is 253 g/mol. The molecule has 4 heteroatoms. The molecular formula is C13H23N3S. The Morgan fingerprint density at radius 1 is 1.59 bits per heavy atom. The highest BCUT2D eigenvalue weighted by Gasteiger charge is 2.25. The molecule has 1 saturated heterocycles. The van der Waals surface area contributed by atoms with Crippen LogP contribution in [0.3, 0.4) is 0 Å². The summed E-state index contributed by atoms with van der Waals surface area (Å²) in [6.07, 6.45) is 9.46. The van der Waals surface area contributed by atoms with Gasteiger partial charge < -0.3 is 5.32 Å². The van der Waals surface area contributed by atoms with Crippen LogP contribution in [0.4, 0.5) is 0 Å². The normalized spacial score (nSPS) is 22.6. The highest BCUT2D eigenvalue weighted by atomic mass is 32.2. The van der Waals surface area contributed by atoms with Gasteiger partial charge in [-0.25, -0.2) is 0 Å². The van der Waals surface area contributed by atoms with E-state index in [1.165, 1.54) is 37.0 Å². The van der Waals surface area contributed by atoms with Crippen LogP contribution in [0, 0.1) is 0 Å². The maximum absolute atomic E-state index is 4.31. The van der Waals surface area contributed by atoms with Crippen molar-refractivity contribution in [2.24, 2.45) is 7.05 Å². The summed E-state index contributed by atoms with van der Waals surface area (Å²) < 4.78 is 1.91. The second kappa shape index (κ2) is 6.45. The molecule has 2 heterocycles. The zero-order valence-corrected chi connectivity index (χ0v) is 11.7. The molecule has 0 radical (unpaired) electrons. The lowest BCUT2D eigenvalue weighted by Crippen LogP contribution is -2.32. The minimum atomic E-state index is 0.481. The van der Waals surface area contributed by atoms with Gasteiger partial charge in [0, 0.05) is 30.1 Å². The van der Waals surface area contributed by atoms with Gasteiger partial charge in [0.1, 0.15) is 0 Å². The van der Waals surface area contributed by atoms with E-state index >= 15 is 0 Å². The summed E-state index contributed by atoms with van der Waals surface area (Å²) in [4.78, 5) is 0. The Morgan fingerprint density at radius 3 is 3.06 bits per heavy atom. The highest BCUT2D eigenvalue weighted by Crippen LogP contribution is 2.34. The van der Waals surface area contributed by atoms with Crippen LogP contribution >= 0.6 is 11.8 Å². The number of hydrogen-bond donors (Lipinski definition) is 1. The Kier molecular flexibility index (Phi) is 4.92. The summed E-state index contributed by atoms with van der Waals surface area (Å²) in [7, 11) is 1.99. The highest BCUT2D eigenvalue weighted by molar-refractivity contribution is 8.00. The Labute approximate surface area is 108 Å². The first-order valence-corrected chi connectivity index (χ1v) is 7.69. The third-order valence-corrected chi connectivity index (χ3v) is 4.75. The fourth-order valence-corrected chi connectivity index (χ4v) is 3.85. The lowest BCUT2D eigenvalue weighted by molar-refractivity contribution is 0.479. The van der Waals surface area contributed by atoms with Crippen LogP contribution in [0.5, 0.6) is 0 Å². The van der Waals surface area contributed by atoms with Gasteiger partial charge in [-0.3, -0.25) is 4.68 Å². The van der Waals surface area contributed by atoms with Crippen molar-refractivity contribution in [3.63, 3.8) is 0 Å². The first-order valence-electron chi connectivity index (χ1n) is 6.64. The molecule has 0 aliphatic carbocycles. The Hall–Kier alpha value is -0.480. The molecule has 2 atom stereocenters. The number of nitrogens with zero attached hydrogens (tertiary/aromatic N) is 2. The Morgan fingerprint density at radius 2 is 2.47 bits per heavy atom. The van der Waals surface area contributed by atoms with E-state index in [2.05, 4.69) is 35.3 Å². The number of aromatic nitrogens is 2. The van der Waals surface area contributed by atoms with Crippen molar-refractivity contribution < 1.29 is 0 Å². The number of thioether (sulfide) groups is 1. The number of hydrogen-bond acceptors (Lipinski definition) is 3. The molecule has 0 saturated carbocycles. The summed E-state index contributed by atoms with van der Waals surface area (Å²) in [6.45, 7) is 3.32. The fraction of sp³-hybridized carbons (Fsp3) is 0.769. The van der Waals surface area contributed by atoms with Crippen LogP contribution in [0.15, 0.2) is 12.4 Å². The van der Waals surface area contributed by atoms with Crippen LogP contribution in [0.25, 0.3) is 0 Å². The molecule has 96 valence electrons. The molecule has 1 aromatic rings. The summed E-state index contributed by atoms with van der Waals surface area (Å²) in [5.41, 5.74) is 1.35. The zero-order chi connectivity index (χ0) is 12.1. The molecule has 1 N–H and O–H groups in total. The lowest BCUT2D eigenvalue weighted by Gasteiger charge is -2.30. The molecule has 1 aliphatic heterocycles. The van der Waals surface area contributed by atoms with Crippen molar-refractivity contribution in [1.29, 1.82) is 0 Å². The van der Waals surface area contributed by atoms with E-state index in [4.69, 9.17) is 0 Å². The van der Waals surface area contributed by atoms with Crippen molar-refractivity contribution in [2.75, 3.05) is 12.3 Å². The molecule has 0 aromatic carbocycles. The summed E-state index contributed by atoms with van der Waals surface area (Å²) in [5.74, 6) is 1.31. The van der Waals surface area contributed by atoms with E-state index in [0.717, 1.165) is 11.8 Å². The van der Waals surface area contributed by atoms with Gasteiger partial charge in [0.15, 0.2) is 0 Å². The minimum Gasteiger partial charge on any atom is -0.309 e. The summed E-state index contributed by atoms with van der Waals surface area (Å²) in [6, 6.07) is 0.481. The van der Waals surface area contributed by atoms with Crippen LogP contribution in [-0.4, -0.2) is 27.3 Å². The average Bonchev–Trinajstić information content (AvgIpc) is 2.78. The number of aryl methyl sites for hydroxylation is 1. The predicted octanol–water partition coefficient (Wildman–Crippen LogP) is 2.75. The molecule has 1 aliphatic rings. The predicted molar refractivity (Wildman–Crippen MR) is 74.3 cm³/mol. The van der Waals surface area contributed by atoms with E-state index in [1.54, 1.807) is 0 Å². The van der Waals surface area contributed by atoms with E-state index in [-0.39, 0.29) is 0 Å². The van der Waals surface area contributed by atoms with Crippen molar-refractivity contribution in [2.45, 2.75) is 43.9 Å². The quantitative estimate of drug-likeness (QED) is 0.875. The molecule has 0 spiro atoms. The van der Waals surface area contributed by atoms with Crippen LogP contribution in [0.1, 0.15) is 44.2 Å². The standard InChI is InChI=1S/C13H23N3S/c1-3-7-14-13(11-9-15-16(2)10-11)12-6-4-5-8-17-12/h9-10,12-14H,3-8H2,1-2H3. The lowest BCUT2D eigenvalue weighted by atomic mass is 10.0.